The molecule has 1 aromatic heterocycles. The maximum Gasteiger partial charge on any atom is 0.329 e. The van der Waals surface area contributed by atoms with Crippen molar-refractivity contribution in [3.05, 3.63) is 41.9 Å². The third-order valence-electron chi connectivity index (χ3n) is 6.23. The molecule has 1 fully saturated rings. The fourth-order valence-electron chi connectivity index (χ4n) is 4.19. The number of benzene rings is 1. The zero-order valence-corrected chi connectivity index (χ0v) is 23.2. The monoisotopic (exact) mass is 528 g/mol. The summed E-state index contributed by atoms with van der Waals surface area (Å²) in [6, 6.07) is 5.22. The number of β-amino-alcohol motifs (C(OH)–C–C–N with tert-alkyl or cyclic N) is 1. The van der Waals surface area contributed by atoms with Crippen LogP contribution in [0.1, 0.15) is 59.2 Å². The van der Waals surface area contributed by atoms with E-state index in [-0.39, 0.29) is 31.0 Å². The number of hydrogen-bond acceptors (Lipinski definition) is 7. The SMILES string of the molecule is Cc1ncoc1-c1ccc(CNC(=O)C2CC(O)CN2C(=O)C(NC(=O)NNC(C)(C)C)C(C)(C)C)cc1. The van der Waals surface area contributed by atoms with Gasteiger partial charge in [0.1, 0.15) is 12.1 Å². The average Bonchev–Trinajstić information content (AvgIpc) is 3.44. The van der Waals surface area contributed by atoms with Gasteiger partial charge in [0.25, 0.3) is 0 Å². The number of likely N-dealkylation sites (tertiary alicyclic amines) is 1. The number of aliphatic hydroxyl groups excluding tert-OH is 1. The van der Waals surface area contributed by atoms with Crippen molar-refractivity contribution < 1.29 is 23.9 Å². The normalized spacial score (nSPS) is 18.7. The summed E-state index contributed by atoms with van der Waals surface area (Å²) in [5, 5.41) is 15.9. The van der Waals surface area contributed by atoms with Gasteiger partial charge in [-0.3, -0.25) is 15.0 Å². The molecule has 3 rings (SSSR count). The number of hydrazine groups is 1. The van der Waals surface area contributed by atoms with Crippen molar-refractivity contribution in [3.63, 3.8) is 0 Å². The highest BCUT2D eigenvalue weighted by Gasteiger charge is 2.44. The number of urea groups is 1. The Kier molecular flexibility index (Phi) is 8.83. The van der Waals surface area contributed by atoms with Crippen LogP contribution in [0.4, 0.5) is 4.79 Å². The van der Waals surface area contributed by atoms with E-state index in [2.05, 4.69) is 26.5 Å². The van der Waals surface area contributed by atoms with E-state index in [0.29, 0.717) is 5.76 Å². The predicted octanol–water partition coefficient (Wildman–Crippen LogP) is 2.25. The topological polar surface area (TPSA) is 149 Å². The molecule has 3 unspecified atom stereocenters. The van der Waals surface area contributed by atoms with E-state index >= 15 is 0 Å². The van der Waals surface area contributed by atoms with Gasteiger partial charge in [0.15, 0.2) is 12.2 Å². The molecular formula is C27H40N6O5. The Bertz CT molecular complexity index is 1130. The zero-order chi connectivity index (χ0) is 28.3. The Morgan fingerprint density at radius 3 is 2.34 bits per heavy atom. The van der Waals surface area contributed by atoms with Gasteiger partial charge in [-0.15, -0.1) is 0 Å². The van der Waals surface area contributed by atoms with Gasteiger partial charge < -0.3 is 25.1 Å². The Morgan fingerprint density at radius 2 is 1.79 bits per heavy atom. The Labute approximate surface area is 223 Å². The van der Waals surface area contributed by atoms with E-state index in [1.807, 2.05) is 72.7 Å². The van der Waals surface area contributed by atoms with Crippen LogP contribution in [0.2, 0.25) is 0 Å². The number of oxazole rings is 1. The third kappa shape index (κ3) is 7.55. The number of nitrogens with one attached hydrogen (secondary N) is 4. The van der Waals surface area contributed by atoms with Crippen molar-refractivity contribution in [3.8, 4) is 11.3 Å². The van der Waals surface area contributed by atoms with Gasteiger partial charge in [-0.2, -0.15) is 0 Å². The van der Waals surface area contributed by atoms with E-state index in [9.17, 15) is 19.5 Å². The highest BCUT2D eigenvalue weighted by Crippen LogP contribution is 2.26. The second-order valence-corrected chi connectivity index (χ2v) is 11.9. The quantitative estimate of drug-likeness (QED) is 0.346. The number of rotatable bonds is 7. The standard InChI is InChI=1S/C27H40N6O5/c1-16-21(38-15-29-16)18-10-8-17(9-11-18)13-28-23(35)20-12-19(34)14-33(20)24(36)22(26(2,3)4)30-25(37)31-32-27(5,6)7/h8-11,15,19-20,22,32,34H,12-14H2,1-7H3,(H,28,35)(H2,30,31,37). The van der Waals surface area contributed by atoms with Crippen LogP contribution in [0.5, 0.6) is 0 Å². The van der Waals surface area contributed by atoms with Crippen LogP contribution in [0.3, 0.4) is 0 Å². The average molecular weight is 529 g/mol. The lowest BCUT2D eigenvalue weighted by Crippen LogP contribution is -2.61. The molecule has 1 saturated heterocycles. The Hall–Kier alpha value is -3.44. The third-order valence-corrected chi connectivity index (χ3v) is 6.23. The molecule has 0 radical (unpaired) electrons. The summed E-state index contributed by atoms with van der Waals surface area (Å²) in [6.45, 7) is 13.3. The zero-order valence-electron chi connectivity index (χ0n) is 23.2. The molecule has 3 atom stereocenters. The van der Waals surface area contributed by atoms with E-state index in [1.54, 1.807) is 0 Å². The van der Waals surface area contributed by atoms with Crippen LogP contribution in [-0.4, -0.2) is 63.1 Å². The van der Waals surface area contributed by atoms with Crippen LogP contribution in [0, 0.1) is 12.3 Å². The molecule has 1 aromatic carbocycles. The molecule has 1 aliphatic heterocycles. The molecule has 0 spiro atoms. The molecule has 208 valence electrons. The molecule has 1 aliphatic rings. The first-order valence-corrected chi connectivity index (χ1v) is 12.7. The Morgan fingerprint density at radius 1 is 1.13 bits per heavy atom. The molecule has 11 nitrogen and oxygen atoms in total. The number of aliphatic hydroxyl groups is 1. The summed E-state index contributed by atoms with van der Waals surface area (Å²) >= 11 is 0. The smallest absolute Gasteiger partial charge is 0.329 e. The minimum atomic E-state index is -0.919. The molecule has 4 amide bonds. The molecule has 0 aliphatic carbocycles. The molecule has 0 bridgehead atoms. The van der Waals surface area contributed by atoms with Crippen LogP contribution in [-0.2, 0) is 16.1 Å². The van der Waals surface area contributed by atoms with Crippen molar-refractivity contribution in [1.29, 1.82) is 0 Å². The number of aromatic nitrogens is 1. The van der Waals surface area contributed by atoms with E-state index < -0.39 is 35.5 Å². The van der Waals surface area contributed by atoms with Crippen molar-refractivity contribution in [2.45, 2.75) is 85.2 Å². The number of carbonyl (C=O) groups is 3. The van der Waals surface area contributed by atoms with Gasteiger partial charge in [-0.1, -0.05) is 45.0 Å². The first kappa shape index (κ1) is 29.1. The molecule has 38 heavy (non-hydrogen) atoms. The van der Waals surface area contributed by atoms with Gasteiger partial charge in [0.2, 0.25) is 11.8 Å². The molecule has 11 heteroatoms. The summed E-state index contributed by atoms with van der Waals surface area (Å²) < 4.78 is 5.42. The van der Waals surface area contributed by atoms with Gasteiger partial charge in [-0.05, 0) is 38.7 Å². The second-order valence-electron chi connectivity index (χ2n) is 11.9. The van der Waals surface area contributed by atoms with Gasteiger partial charge in [0, 0.05) is 30.6 Å². The number of amides is 4. The fraction of sp³-hybridized carbons (Fsp3) is 0.556. The lowest BCUT2D eigenvalue weighted by molar-refractivity contribution is -0.142. The van der Waals surface area contributed by atoms with Crippen molar-refractivity contribution >= 4 is 17.8 Å². The molecule has 0 saturated carbocycles. The van der Waals surface area contributed by atoms with Crippen molar-refractivity contribution in [1.82, 2.24) is 31.4 Å². The number of nitrogens with zero attached hydrogens (tertiary/aromatic N) is 2. The van der Waals surface area contributed by atoms with Crippen molar-refractivity contribution in [2.75, 3.05) is 6.54 Å². The minimum Gasteiger partial charge on any atom is -0.443 e. The molecule has 2 heterocycles. The maximum absolute atomic E-state index is 13.6. The lowest BCUT2D eigenvalue weighted by Gasteiger charge is -2.35. The summed E-state index contributed by atoms with van der Waals surface area (Å²) in [6.07, 6.45) is 0.684. The Balaban J connectivity index is 1.66. The summed E-state index contributed by atoms with van der Waals surface area (Å²) in [4.78, 5) is 44.7. The summed E-state index contributed by atoms with van der Waals surface area (Å²) in [7, 11) is 0. The molecule has 2 aromatic rings. The lowest BCUT2D eigenvalue weighted by atomic mass is 9.85. The molecule has 5 N–H and O–H groups in total. The number of hydrogen-bond donors (Lipinski definition) is 5. The summed E-state index contributed by atoms with van der Waals surface area (Å²) in [5.41, 5.74) is 6.96. The van der Waals surface area contributed by atoms with Gasteiger partial charge >= 0.3 is 6.03 Å². The van der Waals surface area contributed by atoms with Crippen LogP contribution < -0.4 is 21.5 Å². The first-order chi connectivity index (χ1) is 17.7. The number of carbonyl (C=O) groups excluding carboxylic acids is 3. The minimum absolute atomic E-state index is 0.0122. The first-order valence-electron chi connectivity index (χ1n) is 12.7. The van der Waals surface area contributed by atoms with E-state index in [4.69, 9.17) is 4.42 Å². The van der Waals surface area contributed by atoms with Crippen LogP contribution in [0.25, 0.3) is 11.3 Å². The second kappa shape index (κ2) is 11.5. The maximum atomic E-state index is 13.6. The largest absolute Gasteiger partial charge is 0.443 e. The van der Waals surface area contributed by atoms with E-state index in [1.165, 1.54) is 11.3 Å². The summed E-state index contributed by atoms with van der Waals surface area (Å²) in [5.74, 6) is -0.0944. The number of aryl methyl sites for hydroxylation is 1. The fourth-order valence-corrected chi connectivity index (χ4v) is 4.19. The van der Waals surface area contributed by atoms with Crippen LogP contribution in [0.15, 0.2) is 35.1 Å². The van der Waals surface area contributed by atoms with Gasteiger partial charge in [-0.25, -0.2) is 15.2 Å². The highest BCUT2D eigenvalue weighted by molar-refractivity contribution is 5.93. The highest BCUT2D eigenvalue weighted by atomic mass is 16.3. The van der Waals surface area contributed by atoms with Gasteiger partial charge in [0.05, 0.1) is 11.8 Å². The molecular weight excluding hydrogens is 488 g/mol. The van der Waals surface area contributed by atoms with E-state index in [0.717, 1.165) is 16.8 Å². The van der Waals surface area contributed by atoms with Crippen molar-refractivity contribution in [2.24, 2.45) is 5.41 Å². The van der Waals surface area contributed by atoms with Crippen LogP contribution >= 0.6 is 0 Å². The predicted molar refractivity (Wildman–Crippen MR) is 142 cm³/mol.